The topological polar surface area (TPSA) is 58.8 Å². The molecule has 12 heteroatoms. The van der Waals surface area contributed by atoms with Gasteiger partial charge < -0.3 is 20.3 Å². The molecule has 1 unspecified atom stereocenters. The summed E-state index contributed by atoms with van der Waals surface area (Å²) in [6, 6.07) is 3.10. The van der Waals surface area contributed by atoms with Crippen molar-refractivity contribution in [3.8, 4) is 5.75 Å². The number of nitrogens with zero attached hydrogens (tertiary/aromatic N) is 2. The summed E-state index contributed by atoms with van der Waals surface area (Å²) in [7, 11) is 0. The molecule has 1 fully saturated rings. The minimum absolute atomic E-state index is 0.131. The van der Waals surface area contributed by atoms with Gasteiger partial charge in [-0.2, -0.15) is 13.2 Å². The highest BCUT2D eigenvalue weighted by atomic mass is 35.5. The Hall–Kier alpha value is -1.72. The average molecular weight is 462 g/mol. The van der Waals surface area contributed by atoms with Gasteiger partial charge in [0.05, 0.1) is 5.02 Å². The second kappa shape index (κ2) is 10.1. The molecule has 2 rings (SSSR count). The Balaban J connectivity index is 2.07. The molecule has 1 heterocycles. The molecule has 1 aliphatic heterocycles. The molecule has 0 spiro atoms. The van der Waals surface area contributed by atoms with Gasteiger partial charge >= 0.3 is 18.4 Å². The third-order valence-electron chi connectivity index (χ3n) is 4.75. The van der Waals surface area contributed by atoms with Crippen molar-refractivity contribution < 1.29 is 35.9 Å². The summed E-state index contributed by atoms with van der Waals surface area (Å²) in [5, 5.41) is -0.419. The van der Waals surface area contributed by atoms with E-state index in [2.05, 4.69) is 9.64 Å². The van der Waals surface area contributed by atoms with Gasteiger partial charge in [0.1, 0.15) is 5.75 Å². The summed E-state index contributed by atoms with van der Waals surface area (Å²) >= 11 is 5.75. The fraction of sp³-hybridized carbons (Fsp3) is 0.611. The summed E-state index contributed by atoms with van der Waals surface area (Å²) in [5.74, 6) is -2.55. The largest absolute Gasteiger partial charge is 0.573 e. The predicted molar refractivity (Wildman–Crippen MR) is 97.8 cm³/mol. The van der Waals surface area contributed by atoms with Crippen LogP contribution in [-0.4, -0.2) is 61.0 Å². The van der Waals surface area contributed by atoms with E-state index < -0.39 is 35.8 Å². The van der Waals surface area contributed by atoms with Gasteiger partial charge in [0.2, 0.25) is 0 Å². The highest BCUT2D eigenvalue weighted by molar-refractivity contribution is 6.32. The highest BCUT2D eigenvalue weighted by Gasteiger charge is 2.42. The molecule has 0 radical (unpaired) electrons. The number of halogens is 7. The van der Waals surface area contributed by atoms with Gasteiger partial charge in [-0.1, -0.05) is 17.7 Å². The average Bonchev–Trinajstić information content (AvgIpc) is 3.06. The van der Waals surface area contributed by atoms with Crippen LogP contribution in [0.5, 0.6) is 5.75 Å². The van der Waals surface area contributed by atoms with Gasteiger partial charge in [0, 0.05) is 32.7 Å². The zero-order chi connectivity index (χ0) is 22.5. The van der Waals surface area contributed by atoms with Crippen molar-refractivity contribution in [1.29, 1.82) is 0 Å². The van der Waals surface area contributed by atoms with Crippen LogP contribution >= 0.6 is 11.6 Å². The molecule has 1 atom stereocenters. The number of likely N-dealkylation sites (tertiary alicyclic amines) is 1. The standard InChI is InChI=1S/C18H22ClF6N3O2/c19-14-9-13(1-2-15(14)30-18(23,24)25)11-28(16(29)17(20,21)22)7-4-12-3-6-27(10-12)8-5-26/h1-2,9,12H,3-8,10-11,26H2. The molecule has 1 saturated heterocycles. The number of carbonyl (C=O) groups is 1. The van der Waals surface area contributed by atoms with Crippen molar-refractivity contribution >= 4 is 17.5 Å². The van der Waals surface area contributed by atoms with E-state index in [1.165, 1.54) is 0 Å². The first-order chi connectivity index (χ1) is 13.9. The fourth-order valence-corrected chi connectivity index (χ4v) is 3.62. The Morgan fingerprint density at radius 2 is 1.97 bits per heavy atom. The molecule has 2 N–H and O–H groups in total. The molecule has 0 aliphatic carbocycles. The summed E-state index contributed by atoms with van der Waals surface area (Å²) < 4.78 is 79.7. The number of ether oxygens (including phenoxy) is 1. The van der Waals surface area contributed by atoms with Gasteiger partial charge in [-0.25, -0.2) is 0 Å². The van der Waals surface area contributed by atoms with Gasteiger partial charge in [0.15, 0.2) is 0 Å². The Bertz CT molecular complexity index is 729. The van der Waals surface area contributed by atoms with E-state index in [1.54, 1.807) is 0 Å². The number of amides is 1. The third kappa shape index (κ3) is 7.51. The number of rotatable bonds is 8. The molecule has 30 heavy (non-hydrogen) atoms. The zero-order valence-electron chi connectivity index (χ0n) is 15.9. The molecule has 1 amide bonds. The monoisotopic (exact) mass is 461 g/mol. The van der Waals surface area contributed by atoms with Crippen LogP contribution in [0.4, 0.5) is 26.3 Å². The van der Waals surface area contributed by atoms with E-state index in [9.17, 15) is 31.1 Å². The normalized spacial score (nSPS) is 17.9. The van der Waals surface area contributed by atoms with E-state index in [0.29, 0.717) is 31.0 Å². The van der Waals surface area contributed by atoms with Crippen molar-refractivity contribution in [1.82, 2.24) is 9.80 Å². The first kappa shape index (κ1) is 24.5. The molecule has 5 nitrogen and oxygen atoms in total. The first-order valence-electron chi connectivity index (χ1n) is 9.21. The summed E-state index contributed by atoms with van der Waals surface area (Å²) in [6.07, 6.45) is -8.86. The van der Waals surface area contributed by atoms with Crippen molar-refractivity contribution in [2.45, 2.75) is 31.9 Å². The molecular formula is C18H22ClF6N3O2. The van der Waals surface area contributed by atoms with Crippen LogP contribution in [0.3, 0.4) is 0 Å². The maximum Gasteiger partial charge on any atom is 0.573 e. The van der Waals surface area contributed by atoms with Crippen LogP contribution in [0.25, 0.3) is 0 Å². The number of alkyl halides is 6. The Morgan fingerprint density at radius 3 is 2.53 bits per heavy atom. The summed E-state index contributed by atoms with van der Waals surface area (Å²) in [6.45, 7) is 2.10. The molecule has 1 aromatic rings. The summed E-state index contributed by atoms with van der Waals surface area (Å²) in [4.78, 5) is 14.6. The minimum Gasteiger partial charge on any atom is -0.404 e. The maximum absolute atomic E-state index is 13.0. The molecule has 0 aromatic heterocycles. The van der Waals surface area contributed by atoms with E-state index in [0.717, 1.165) is 31.2 Å². The number of hydrogen-bond donors (Lipinski definition) is 1. The molecular weight excluding hydrogens is 440 g/mol. The smallest absolute Gasteiger partial charge is 0.404 e. The Morgan fingerprint density at radius 1 is 1.27 bits per heavy atom. The Labute approximate surface area is 174 Å². The lowest BCUT2D eigenvalue weighted by atomic mass is 10.0. The summed E-state index contributed by atoms with van der Waals surface area (Å²) in [5.41, 5.74) is 5.66. The second-order valence-corrected chi connectivity index (χ2v) is 7.48. The number of hydrogen-bond acceptors (Lipinski definition) is 4. The molecule has 170 valence electrons. The van der Waals surface area contributed by atoms with Gasteiger partial charge in [-0.05, 0) is 43.0 Å². The van der Waals surface area contributed by atoms with E-state index in [1.807, 2.05) is 0 Å². The SMILES string of the molecule is NCCN1CCC(CCN(Cc2ccc(OC(F)(F)F)c(Cl)c2)C(=O)C(F)(F)F)C1. The van der Waals surface area contributed by atoms with E-state index in [4.69, 9.17) is 17.3 Å². The molecule has 0 bridgehead atoms. The highest BCUT2D eigenvalue weighted by Crippen LogP contribution is 2.31. The number of nitrogens with two attached hydrogens (primary N) is 1. The van der Waals surface area contributed by atoms with Crippen molar-refractivity contribution in [3.63, 3.8) is 0 Å². The lowest BCUT2D eigenvalue weighted by molar-refractivity contribution is -0.274. The van der Waals surface area contributed by atoms with Crippen molar-refractivity contribution in [2.24, 2.45) is 11.7 Å². The fourth-order valence-electron chi connectivity index (χ4n) is 3.37. The van der Waals surface area contributed by atoms with E-state index >= 15 is 0 Å². The predicted octanol–water partition coefficient (Wildman–Crippen LogP) is 3.80. The van der Waals surface area contributed by atoms with Crippen LogP contribution in [0.15, 0.2) is 18.2 Å². The molecule has 1 aromatic carbocycles. The lowest BCUT2D eigenvalue weighted by Crippen LogP contribution is -2.41. The lowest BCUT2D eigenvalue weighted by Gasteiger charge is -2.25. The third-order valence-corrected chi connectivity index (χ3v) is 5.04. The van der Waals surface area contributed by atoms with Crippen LogP contribution in [0, 0.1) is 5.92 Å². The van der Waals surface area contributed by atoms with E-state index in [-0.39, 0.29) is 18.0 Å². The Kier molecular flexibility index (Phi) is 8.23. The quantitative estimate of drug-likeness (QED) is 0.598. The number of benzene rings is 1. The molecule has 1 aliphatic rings. The maximum atomic E-state index is 13.0. The van der Waals surface area contributed by atoms with Crippen LogP contribution in [0.1, 0.15) is 18.4 Å². The number of carbonyl (C=O) groups excluding carboxylic acids is 1. The second-order valence-electron chi connectivity index (χ2n) is 7.07. The van der Waals surface area contributed by atoms with Crippen LogP contribution < -0.4 is 10.5 Å². The van der Waals surface area contributed by atoms with Crippen LogP contribution in [-0.2, 0) is 11.3 Å². The first-order valence-corrected chi connectivity index (χ1v) is 9.59. The van der Waals surface area contributed by atoms with Crippen molar-refractivity contribution in [3.05, 3.63) is 28.8 Å². The van der Waals surface area contributed by atoms with Gasteiger partial charge in [-0.3, -0.25) is 4.79 Å². The minimum atomic E-state index is -5.07. The van der Waals surface area contributed by atoms with Gasteiger partial charge in [0.25, 0.3) is 0 Å². The van der Waals surface area contributed by atoms with Crippen molar-refractivity contribution in [2.75, 3.05) is 32.7 Å². The van der Waals surface area contributed by atoms with Crippen LogP contribution in [0.2, 0.25) is 5.02 Å². The zero-order valence-corrected chi connectivity index (χ0v) is 16.7. The molecule has 0 saturated carbocycles. The van der Waals surface area contributed by atoms with Gasteiger partial charge in [-0.15, -0.1) is 13.2 Å².